The summed E-state index contributed by atoms with van der Waals surface area (Å²) in [6.07, 6.45) is 0.552. The molecule has 0 aromatic rings. The van der Waals surface area contributed by atoms with E-state index in [0.717, 1.165) is 184 Å². The number of ether oxygens (including phenoxy) is 14. The van der Waals surface area contributed by atoms with Gasteiger partial charge in [-0.2, -0.15) is 0 Å². The van der Waals surface area contributed by atoms with Gasteiger partial charge in [-0.15, -0.1) is 0 Å². The number of hydrogen-bond acceptors (Lipinski definition) is 23. The molecular weight excluding hydrogens is 1310 g/mol. The molecule has 622 valence electrons. The van der Waals surface area contributed by atoms with Crippen molar-refractivity contribution in [1.29, 1.82) is 0 Å². The van der Waals surface area contributed by atoms with Crippen LogP contribution in [-0.2, 0) is 66.3 Å². The molecule has 0 unspecified atom stereocenters. The van der Waals surface area contributed by atoms with Gasteiger partial charge in [-0.3, -0.25) is 29.4 Å². The van der Waals surface area contributed by atoms with Crippen LogP contribution in [0.5, 0.6) is 0 Å². The second-order valence-electron chi connectivity index (χ2n) is 35.5. The minimum atomic E-state index is -0.0716. The van der Waals surface area contributed by atoms with Crippen molar-refractivity contribution in [3.8, 4) is 0 Å². The van der Waals surface area contributed by atoms with Crippen LogP contribution in [0, 0.1) is 0 Å². The molecule has 0 aliphatic carbocycles. The van der Waals surface area contributed by atoms with E-state index in [4.69, 9.17) is 66.3 Å². The van der Waals surface area contributed by atoms with Gasteiger partial charge in [0, 0.05) is 153 Å². The third kappa shape index (κ3) is 81.9. The molecule has 0 radical (unpaired) electrons. The number of hydrogen-bond donors (Lipinski definition) is 3. The number of nitrogens with zero attached hydrogens (tertiary/aromatic N) is 6. The van der Waals surface area contributed by atoms with E-state index in [1.165, 1.54) is 0 Å². The van der Waals surface area contributed by atoms with E-state index in [-0.39, 0.29) is 51.2 Å². The first-order chi connectivity index (χ1) is 47.8. The topological polar surface area (TPSA) is 185 Å². The van der Waals surface area contributed by atoms with Crippen LogP contribution < -0.4 is 16.0 Å². The average Bonchev–Trinajstić information content (AvgIpc) is 0.868. The molecule has 0 saturated carbocycles. The molecule has 0 bridgehead atoms. The summed E-state index contributed by atoms with van der Waals surface area (Å²) < 4.78 is 77.8. The van der Waals surface area contributed by atoms with Crippen molar-refractivity contribution in [1.82, 2.24) is 45.3 Å². The Hall–Kier alpha value is -0.920. The second kappa shape index (κ2) is 59.8. The van der Waals surface area contributed by atoms with Gasteiger partial charge in [-0.1, -0.05) is 0 Å². The fourth-order valence-corrected chi connectivity index (χ4v) is 9.82. The fraction of sp³-hybridized carbons (Fsp3) is 1.00. The first-order valence-corrected chi connectivity index (χ1v) is 39.9. The highest BCUT2D eigenvalue weighted by Gasteiger charge is 2.26. The second-order valence-corrected chi connectivity index (χ2v) is 35.5. The fourth-order valence-electron chi connectivity index (χ4n) is 9.82. The SMILES string of the molecule is CC(C)(C)NCCOCCOC(C)(C)C.CC(C)(C)NCCOCCOCCN1CCN(C(C)(C)C)CC1.CC(C)(C)NCCOCCOCCN1CCN(CCOC(C)(C)C)CC1.CC(C)OCCOCCOC(C)(C)C.CC(C)OCCOCCOCCN1CCN(CCOC(C)(C)C)CC1. The van der Waals surface area contributed by atoms with Crippen LogP contribution in [0.3, 0.4) is 0 Å². The van der Waals surface area contributed by atoms with Crippen LogP contribution in [0.4, 0.5) is 0 Å². The molecule has 3 aliphatic rings. The molecule has 0 aromatic carbocycles. The van der Waals surface area contributed by atoms with Crippen LogP contribution in [0.2, 0.25) is 0 Å². The summed E-state index contributed by atoms with van der Waals surface area (Å²) in [4.78, 5) is 15.0. The maximum atomic E-state index is 5.81. The molecule has 3 rings (SSSR count). The normalized spacial score (nSPS) is 16.5. The zero-order valence-corrected chi connectivity index (χ0v) is 72.8. The van der Waals surface area contributed by atoms with Gasteiger partial charge in [0.05, 0.1) is 180 Å². The lowest BCUT2D eigenvalue weighted by molar-refractivity contribution is -0.0461. The number of piperazine rings is 3. The van der Waals surface area contributed by atoms with Crippen molar-refractivity contribution in [2.75, 3.05) is 276 Å². The summed E-state index contributed by atoms with van der Waals surface area (Å²) in [6, 6.07) is 0. The molecule has 3 aliphatic heterocycles. The molecule has 3 fully saturated rings. The van der Waals surface area contributed by atoms with Gasteiger partial charge in [0.1, 0.15) is 0 Å². The summed E-state index contributed by atoms with van der Waals surface area (Å²) >= 11 is 0. The molecule has 3 saturated heterocycles. The lowest BCUT2D eigenvalue weighted by Crippen LogP contribution is -2.53. The number of rotatable bonds is 47. The van der Waals surface area contributed by atoms with E-state index in [1.807, 2.05) is 69.2 Å². The zero-order valence-electron chi connectivity index (χ0n) is 72.8. The van der Waals surface area contributed by atoms with Crippen LogP contribution in [0.25, 0.3) is 0 Å². The van der Waals surface area contributed by atoms with E-state index in [2.05, 4.69) is 170 Å². The quantitative estimate of drug-likeness (QED) is 0.0489. The lowest BCUT2D eigenvalue weighted by Gasteiger charge is -2.42. The predicted molar refractivity (Wildman–Crippen MR) is 428 cm³/mol. The Morgan fingerprint density at radius 3 is 0.650 bits per heavy atom. The molecule has 0 spiro atoms. The maximum absolute atomic E-state index is 5.81. The van der Waals surface area contributed by atoms with E-state index >= 15 is 0 Å². The van der Waals surface area contributed by atoms with Crippen molar-refractivity contribution in [3.63, 3.8) is 0 Å². The minimum absolute atomic E-state index is 0.0357. The smallest absolute Gasteiger partial charge is 0.0707 e. The summed E-state index contributed by atoms with van der Waals surface area (Å²) in [6.45, 7) is 96.1. The van der Waals surface area contributed by atoms with Gasteiger partial charge >= 0.3 is 0 Å². The highest BCUT2D eigenvalue weighted by molar-refractivity contribution is 4.82. The van der Waals surface area contributed by atoms with Gasteiger partial charge < -0.3 is 82.3 Å². The zero-order chi connectivity index (χ0) is 78.3. The van der Waals surface area contributed by atoms with Crippen molar-refractivity contribution in [2.45, 2.75) is 251 Å². The molecule has 0 atom stereocenters. The Morgan fingerprint density at radius 2 is 0.427 bits per heavy atom. The van der Waals surface area contributed by atoms with Crippen LogP contribution in [0.15, 0.2) is 0 Å². The van der Waals surface area contributed by atoms with E-state index in [1.54, 1.807) is 0 Å². The molecule has 23 heteroatoms. The summed E-state index contributed by atoms with van der Waals surface area (Å²) in [5.41, 5.74) is 0.578. The Kier molecular flexibility index (Phi) is 60.5. The Balaban J connectivity index is 0. The van der Waals surface area contributed by atoms with Gasteiger partial charge in [-0.05, 0) is 194 Å². The van der Waals surface area contributed by atoms with Crippen LogP contribution in [0.1, 0.15) is 194 Å². The van der Waals surface area contributed by atoms with E-state index < -0.39 is 0 Å². The monoisotopic (exact) mass is 1480 g/mol. The highest BCUT2D eigenvalue weighted by atomic mass is 16.6. The Bertz CT molecular complexity index is 1820. The van der Waals surface area contributed by atoms with Crippen molar-refractivity contribution < 1.29 is 66.3 Å². The molecule has 0 amide bonds. The first-order valence-electron chi connectivity index (χ1n) is 39.9. The number of nitrogens with one attached hydrogen (secondary N) is 3. The summed E-state index contributed by atoms with van der Waals surface area (Å²) in [5, 5.41) is 10.2. The summed E-state index contributed by atoms with van der Waals surface area (Å²) in [7, 11) is 0. The standard InChI is InChI=1S/C20H43N3O3.C19H40N2O4.C18H39N3O2.C12H27NO2.C11H24O3/c1-19(2,3)21-7-14-24-17-18-25-15-12-22-8-10-23(11-9-22)13-16-26-20(4,5)6;1-18(2)24-17-16-23-15-14-22-12-10-20-6-8-21(9-7-20)11-13-25-19(3,4)5;1-17(2,3)19-7-13-22-15-16-23-14-12-20-8-10-21(11-9-20)18(4,5)6;1-11(2,3)13-7-8-14-9-10-15-12(4,5)6;1-10(2)13-8-6-12-7-9-14-11(3,4)5/h21H,7-18H2,1-6H3;18H,6-17H2,1-5H3;19H,7-16H2,1-6H3;13H,7-10H2,1-6H3;10H,6-9H2,1-5H3. The van der Waals surface area contributed by atoms with Gasteiger partial charge in [0.2, 0.25) is 0 Å². The van der Waals surface area contributed by atoms with Crippen LogP contribution >= 0.6 is 0 Å². The minimum Gasteiger partial charge on any atom is -0.378 e. The molecule has 23 nitrogen and oxygen atoms in total. The van der Waals surface area contributed by atoms with Gasteiger partial charge in [0.25, 0.3) is 0 Å². The third-order valence-electron chi connectivity index (χ3n) is 15.5. The van der Waals surface area contributed by atoms with Crippen molar-refractivity contribution in [3.05, 3.63) is 0 Å². The summed E-state index contributed by atoms with van der Waals surface area (Å²) in [5.74, 6) is 0. The first kappa shape index (κ1) is 104. The molecule has 103 heavy (non-hydrogen) atoms. The largest absolute Gasteiger partial charge is 0.378 e. The maximum Gasteiger partial charge on any atom is 0.0707 e. The van der Waals surface area contributed by atoms with Gasteiger partial charge in [0.15, 0.2) is 0 Å². The molecule has 0 aromatic heterocycles. The molecule has 3 heterocycles. The Morgan fingerprint density at radius 1 is 0.233 bits per heavy atom. The van der Waals surface area contributed by atoms with Crippen LogP contribution in [-0.4, -0.2) is 362 Å². The van der Waals surface area contributed by atoms with E-state index in [9.17, 15) is 0 Å². The molecule has 3 N–H and O–H groups in total. The lowest BCUT2D eigenvalue weighted by atomic mass is 10.1. The van der Waals surface area contributed by atoms with Crippen molar-refractivity contribution in [2.24, 2.45) is 0 Å². The van der Waals surface area contributed by atoms with Crippen molar-refractivity contribution >= 4 is 0 Å². The highest BCUT2D eigenvalue weighted by Crippen LogP contribution is 2.16. The Labute approximate surface area is 635 Å². The predicted octanol–water partition coefficient (Wildman–Crippen LogP) is 9.99. The average molecular weight is 1490 g/mol. The van der Waals surface area contributed by atoms with E-state index in [0.29, 0.717) is 98.0 Å². The molecular formula is C80H173N9O14. The van der Waals surface area contributed by atoms with Gasteiger partial charge in [-0.25, -0.2) is 0 Å². The third-order valence-corrected chi connectivity index (χ3v) is 15.5.